The van der Waals surface area contributed by atoms with Gasteiger partial charge in [-0.05, 0) is 6.42 Å². The number of hydrogen-bond donors (Lipinski definition) is 4. The van der Waals surface area contributed by atoms with Crippen molar-refractivity contribution in [3.05, 3.63) is 0 Å². The fourth-order valence-electron chi connectivity index (χ4n) is 1.20. The molecule has 0 aromatic heterocycles. The largest absolute Gasteiger partial charge is 0.469 e. The van der Waals surface area contributed by atoms with Crippen LogP contribution >= 0.6 is 7.82 Å². The van der Waals surface area contributed by atoms with Gasteiger partial charge in [0.1, 0.15) is 0 Å². The van der Waals surface area contributed by atoms with Gasteiger partial charge in [0.15, 0.2) is 0 Å². The third-order valence-corrected chi connectivity index (χ3v) is 2.26. The minimum Gasteiger partial charge on any atom is -0.395 e. The molecule has 4 N–H and O–H groups in total. The predicted octanol–water partition coefficient (Wildman–Crippen LogP) is -1.18. The number of hydrogen-bond acceptors (Lipinski definition) is 4. The van der Waals surface area contributed by atoms with Crippen molar-refractivity contribution in [2.45, 2.75) is 18.6 Å². The fourth-order valence-corrected chi connectivity index (χ4v) is 1.74. The van der Waals surface area contributed by atoms with Gasteiger partial charge in [-0.1, -0.05) is 0 Å². The van der Waals surface area contributed by atoms with E-state index < -0.39 is 13.9 Å². The van der Waals surface area contributed by atoms with Crippen LogP contribution in [0.4, 0.5) is 0 Å². The number of nitrogens with one attached hydrogen (secondary N) is 1. The average molecular weight is 197 g/mol. The Hall–Kier alpha value is 0.0300. The van der Waals surface area contributed by atoms with E-state index in [1.165, 1.54) is 0 Å². The monoisotopic (exact) mass is 197 g/mol. The maximum absolute atomic E-state index is 10.4. The standard InChI is InChI=1S/C5H12NO5P/c7-3-4-1-5(2-6-4)11-12(8,9)10/h4-7H,1-3H2,(H2,8,9,10)/t4-,5+/m0/s1. The molecule has 0 unspecified atom stereocenters. The van der Waals surface area contributed by atoms with Gasteiger partial charge < -0.3 is 20.2 Å². The van der Waals surface area contributed by atoms with Crippen molar-refractivity contribution in [3.8, 4) is 0 Å². The molecule has 1 rings (SSSR count). The first-order valence-corrected chi connectivity index (χ1v) is 5.12. The Labute approximate surface area is 69.8 Å². The van der Waals surface area contributed by atoms with E-state index in [1.807, 2.05) is 0 Å². The van der Waals surface area contributed by atoms with Gasteiger partial charge in [0.2, 0.25) is 0 Å². The predicted molar refractivity (Wildman–Crippen MR) is 40.4 cm³/mol. The summed E-state index contributed by atoms with van der Waals surface area (Å²) in [6.45, 7) is 0.331. The summed E-state index contributed by atoms with van der Waals surface area (Å²) in [5.41, 5.74) is 0. The molecule has 0 amide bonds. The van der Waals surface area contributed by atoms with Crippen LogP contribution in [0.1, 0.15) is 6.42 Å². The maximum Gasteiger partial charge on any atom is 0.469 e. The number of rotatable bonds is 3. The Morgan fingerprint density at radius 1 is 1.58 bits per heavy atom. The molecule has 1 fully saturated rings. The van der Waals surface area contributed by atoms with Crippen molar-refractivity contribution >= 4 is 7.82 Å². The van der Waals surface area contributed by atoms with Crippen LogP contribution in [0.25, 0.3) is 0 Å². The van der Waals surface area contributed by atoms with E-state index in [0.29, 0.717) is 13.0 Å². The first-order valence-electron chi connectivity index (χ1n) is 3.59. The fraction of sp³-hybridized carbons (Fsp3) is 1.00. The lowest BCUT2D eigenvalue weighted by atomic mass is 10.2. The normalized spacial score (nSPS) is 30.9. The molecule has 7 heteroatoms. The average Bonchev–Trinajstić information content (AvgIpc) is 2.32. The summed E-state index contributed by atoms with van der Waals surface area (Å²) in [6.07, 6.45) is -0.0651. The zero-order valence-electron chi connectivity index (χ0n) is 6.38. The lowest BCUT2D eigenvalue weighted by Gasteiger charge is -2.10. The number of aliphatic hydroxyl groups excluding tert-OH is 1. The first-order chi connectivity index (χ1) is 5.51. The maximum atomic E-state index is 10.4. The molecule has 1 aliphatic heterocycles. The molecule has 12 heavy (non-hydrogen) atoms. The van der Waals surface area contributed by atoms with Crippen molar-refractivity contribution in [2.75, 3.05) is 13.2 Å². The Bertz CT molecular complexity index is 192. The molecule has 1 aliphatic rings. The Morgan fingerprint density at radius 3 is 2.67 bits per heavy atom. The summed E-state index contributed by atoms with van der Waals surface area (Å²) in [7, 11) is -4.37. The molecule has 0 aliphatic carbocycles. The van der Waals surface area contributed by atoms with Gasteiger partial charge in [-0.2, -0.15) is 0 Å². The summed E-state index contributed by atoms with van der Waals surface area (Å²) in [5, 5.41) is 11.5. The molecule has 72 valence electrons. The van der Waals surface area contributed by atoms with Crippen LogP contribution < -0.4 is 5.32 Å². The highest BCUT2D eigenvalue weighted by Crippen LogP contribution is 2.39. The smallest absolute Gasteiger partial charge is 0.395 e. The van der Waals surface area contributed by atoms with Crippen LogP contribution in [0, 0.1) is 0 Å². The molecular weight excluding hydrogens is 185 g/mol. The Morgan fingerprint density at radius 2 is 2.25 bits per heavy atom. The second-order valence-electron chi connectivity index (χ2n) is 2.74. The van der Waals surface area contributed by atoms with Crippen molar-refractivity contribution in [3.63, 3.8) is 0 Å². The lowest BCUT2D eigenvalue weighted by Crippen LogP contribution is -2.24. The summed E-state index contributed by atoms with van der Waals surface area (Å²) in [5.74, 6) is 0. The third kappa shape index (κ3) is 3.18. The van der Waals surface area contributed by atoms with E-state index in [4.69, 9.17) is 14.9 Å². The molecule has 0 saturated carbocycles. The molecule has 0 spiro atoms. The molecule has 1 saturated heterocycles. The number of aliphatic hydroxyl groups is 1. The molecule has 0 bridgehead atoms. The summed E-state index contributed by atoms with van der Waals surface area (Å²) in [4.78, 5) is 16.9. The summed E-state index contributed by atoms with van der Waals surface area (Å²) >= 11 is 0. The van der Waals surface area contributed by atoms with Crippen molar-refractivity contribution in [1.29, 1.82) is 0 Å². The van der Waals surface area contributed by atoms with Crippen LogP contribution in [-0.4, -0.2) is 40.2 Å². The topological polar surface area (TPSA) is 99.0 Å². The van der Waals surface area contributed by atoms with Gasteiger partial charge in [-0.15, -0.1) is 0 Å². The van der Waals surface area contributed by atoms with Gasteiger partial charge in [-0.25, -0.2) is 4.57 Å². The van der Waals surface area contributed by atoms with Gasteiger partial charge in [0.25, 0.3) is 0 Å². The van der Waals surface area contributed by atoms with E-state index in [2.05, 4.69) is 9.84 Å². The van der Waals surface area contributed by atoms with E-state index in [-0.39, 0.29) is 12.6 Å². The van der Waals surface area contributed by atoms with Crippen molar-refractivity contribution < 1.29 is 24.0 Å². The molecular formula is C5H12NO5P. The first kappa shape index (κ1) is 10.1. The Kier molecular flexibility index (Phi) is 3.22. The summed E-state index contributed by atoms with van der Waals surface area (Å²) in [6, 6.07) is -0.110. The molecule has 0 aromatic carbocycles. The van der Waals surface area contributed by atoms with Gasteiger partial charge in [-0.3, -0.25) is 4.52 Å². The second-order valence-corrected chi connectivity index (χ2v) is 3.93. The highest BCUT2D eigenvalue weighted by Gasteiger charge is 2.29. The van der Waals surface area contributed by atoms with Crippen LogP contribution in [0.3, 0.4) is 0 Å². The van der Waals surface area contributed by atoms with E-state index in [9.17, 15) is 4.57 Å². The van der Waals surface area contributed by atoms with Crippen LogP contribution in [0.2, 0.25) is 0 Å². The Balaban J connectivity index is 2.33. The van der Waals surface area contributed by atoms with Crippen LogP contribution in [0.5, 0.6) is 0 Å². The zero-order chi connectivity index (χ0) is 9.19. The SMILES string of the molecule is O=P(O)(O)O[C@H]1CN[C@H](CO)C1. The summed E-state index contributed by atoms with van der Waals surface area (Å²) < 4.78 is 14.8. The van der Waals surface area contributed by atoms with Crippen LogP contribution in [-0.2, 0) is 9.09 Å². The van der Waals surface area contributed by atoms with Crippen molar-refractivity contribution in [1.82, 2.24) is 5.32 Å². The molecule has 2 atom stereocenters. The van der Waals surface area contributed by atoms with E-state index in [0.717, 1.165) is 0 Å². The van der Waals surface area contributed by atoms with Gasteiger partial charge in [0, 0.05) is 12.6 Å². The highest BCUT2D eigenvalue weighted by atomic mass is 31.2. The van der Waals surface area contributed by atoms with Gasteiger partial charge >= 0.3 is 7.82 Å². The quantitative estimate of drug-likeness (QED) is 0.425. The minimum atomic E-state index is -4.37. The van der Waals surface area contributed by atoms with E-state index >= 15 is 0 Å². The molecule has 6 nitrogen and oxygen atoms in total. The second kappa shape index (κ2) is 3.83. The number of phosphoric acid groups is 1. The van der Waals surface area contributed by atoms with E-state index in [1.54, 1.807) is 0 Å². The molecule has 0 radical (unpaired) electrons. The zero-order valence-corrected chi connectivity index (χ0v) is 7.28. The molecule has 0 aromatic rings. The number of phosphoric ester groups is 1. The lowest BCUT2D eigenvalue weighted by molar-refractivity contribution is 0.140. The minimum absolute atomic E-state index is 0.0407. The third-order valence-electron chi connectivity index (χ3n) is 1.69. The highest BCUT2D eigenvalue weighted by molar-refractivity contribution is 7.46. The molecule has 1 heterocycles. The van der Waals surface area contributed by atoms with Gasteiger partial charge in [0.05, 0.1) is 12.7 Å². The van der Waals surface area contributed by atoms with Crippen molar-refractivity contribution in [2.24, 2.45) is 0 Å². The van der Waals surface area contributed by atoms with Crippen LogP contribution in [0.15, 0.2) is 0 Å².